The van der Waals surface area contributed by atoms with Gasteiger partial charge in [-0.1, -0.05) is 43.7 Å². The van der Waals surface area contributed by atoms with Gasteiger partial charge in [0.05, 0.1) is 19.0 Å². The van der Waals surface area contributed by atoms with E-state index in [1.807, 2.05) is 60.7 Å². The standard InChI is InChI=1S/C26H33BFN3O2S/c1-18(2)23-16-31(34(32,33)22-11-9-19(3)10-12-22)17-24(27-26-29(4)13-14-30(26)5)25(23)20-7-6-8-21(28)15-20/h6-15,18,23-25H,16-17H2,1-5H3/t23-,24-,25?/m0/s1. The molecule has 0 bridgehead atoms. The maximum Gasteiger partial charge on any atom is 0.242 e. The van der Waals surface area contributed by atoms with Crippen LogP contribution in [0.2, 0.25) is 5.82 Å². The predicted octanol–water partition coefficient (Wildman–Crippen LogP) is 3.18. The van der Waals surface area contributed by atoms with E-state index in [1.165, 1.54) is 6.07 Å². The second-order valence-corrected chi connectivity index (χ2v) is 11.8. The number of hydrogen-bond donors (Lipinski definition) is 0. The highest BCUT2D eigenvalue weighted by molar-refractivity contribution is 7.89. The fourth-order valence-electron chi connectivity index (χ4n) is 5.16. The molecule has 1 saturated heterocycles. The maximum atomic E-state index is 14.3. The summed E-state index contributed by atoms with van der Waals surface area (Å²) < 4.78 is 47.3. The molecule has 2 radical (unpaired) electrons. The van der Waals surface area contributed by atoms with Gasteiger partial charge in [0.15, 0.2) is 0 Å². The Hall–Kier alpha value is -2.45. The minimum absolute atomic E-state index is 0.00457. The van der Waals surface area contributed by atoms with Crippen molar-refractivity contribution in [3.05, 3.63) is 77.9 Å². The summed E-state index contributed by atoms with van der Waals surface area (Å²) in [6.07, 6.45) is 3.96. The smallest absolute Gasteiger partial charge is 0.242 e. The summed E-state index contributed by atoms with van der Waals surface area (Å²) in [5, 5.41) is 0. The highest BCUT2D eigenvalue weighted by Crippen LogP contribution is 2.45. The topological polar surface area (TPSA) is 46.2 Å². The van der Waals surface area contributed by atoms with Crippen LogP contribution in [-0.2, 0) is 24.1 Å². The normalized spacial score (nSPS) is 21.8. The molecule has 4 rings (SSSR count). The number of rotatable bonds is 6. The number of aromatic nitrogens is 2. The Balaban J connectivity index is 1.78. The monoisotopic (exact) mass is 481 g/mol. The molecule has 0 aliphatic carbocycles. The van der Waals surface area contributed by atoms with E-state index >= 15 is 0 Å². The van der Waals surface area contributed by atoms with E-state index in [1.54, 1.807) is 28.6 Å². The van der Waals surface area contributed by atoms with Gasteiger partial charge in [-0.3, -0.25) is 9.13 Å². The lowest BCUT2D eigenvalue weighted by molar-refractivity contribution is -0.653. The zero-order valence-electron chi connectivity index (χ0n) is 20.5. The third-order valence-electron chi connectivity index (χ3n) is 7.10. The van der Waals surface area contributed by atoms with Crippen LogP contribution in [-0.4, -0.2) is 37.7 Å². The Kier molecular flexibility index (Phi) is 7.01. The molecular weight excluding hydrogens is 448 g/mol. The second kappa shape index (κ2) is 9.66. The summed E-state index contributed by atoms with van der Waals surface area (Å²) in [7, 11) is 2.45. The average Bonchev–Trinajstić information content (AvgIpc) is 3.11. The molecule has 0 saturated carbocycles. The van der Waals surface area contributed by atoms with E-state index in [4.69, 9.17) is 0 Å². The molecule has 1 fully saturated rings. The van der Waals surface area contributed by atoms with Crippen molar-refractivity contribution in [1.82, 2.24) is 8.87 Å². The van der Waals surface area contributed by atoms with E-state index in [2.05, 4.69) is 21.1 Å². The van der Waals surface area contributed by atoms with E-state index < -0.39 is 10.0 Å². The van der Waals surface area contributed by atoms with Crippen molar-refractivity contribution in [3.63, 3.8) is 0 Å². The Morgan fingerprint density at radius 2 is 1.82 bits per heavy atom. The van der Waals surface area contributed by atoms with E-state index in [0.29, 0.717) is 18.0 Å². The minimum atomic E-state index is -3.67. The number of benzene rings is 2. The van der Waals surface area contributed by atoms with Crippen LogP contribution in [0.15, 0.2) is 65.8 Å². The largest absolute Gasteiger partial charge is 0.280 e. The number of aryl methyl sites for hydroxylation is 3. The number of nitrogens with zero attached hydrogens (tertiary/aromatic N) is 3. The Morgan fingerprint density at radius 1 is 1.12 bits per heavy atom. The zero-order chi connectivity index (χ0) is 24.6. The van der Waals surface area contributed by atoms with Gasteiger partial charge >= 0.3 is 0 Å². The highest BCUT2D eigenvalue weighted by Gasteiger charge is 2.40. The number of sulfonamides is 1. The number of imidazole rings is 1. The van der Waals surface area contributed by atoms with Gasteiger partial charge in [-0.2, -0.15) is 13.1 Å². The molecule has 34 heavy (non-hydrogen) atoms. The first kappa shape index (κ1) is 24.7. The molecule has 1 unspecified atom stereocenters. The summed E-state index contributed by atoms with van der Waals surface area (Å²) in [6, 6.07) is 13.8. The number of piperidine rings is 1. The molecule has 1 aromatic heterocycles. The molecule has 5 nitrogen and oxygen atoms in total. The van der Waals surface area contributed by atoms with Gasteiger partial charge in [-0.15, -0.1) is 0 Å². The van der Waals surface area contributed by atoms with Crippen LogP contribution in [0.3, 0.4) is 0 Å². The number of hydrogen-bond acceptors (Lipinski definition) is 2. The third-order valence-corrected chi connectivity index (χ3v) is 8.95. The molecule has 3 aromatic rings. The number of halogens is 1. The molecule has 180 valence electrons. The molecular formula is C26H33BFN3O2S. The first-order chi connectivity index (χ1) is 16.1. The van der Waals surface area contributed by atoms with Gasteiger partial charge in [0.2, 0.25) is 10.0 Å². The van der Waals surface area contributed by atoms with Crippen molar-refractivity contribution < 1.29 is 17.4 Å². The Morgan fingerprint density at radius 3 is 2.41 bits per heavy atom. The van der Waals surface area contributed by atoms with Gasteiger partial charge < -0.3 is 0 Å². The molecule has 3 atom stereocenters. The van der Waals surface area contributed by atoms with Crippen molar-refractivity contribution in [2.45, 2.75) is 37.4 Å². The lowest BCUT2D eigenvalue weighted by Crippen LogP contribution is -2.55. The lowest BCUT2D eigenvalue weighted by atomic mass is 9.52. The average molecular weight is 481 g/mol. The SMILES string of the molecule is Cc1ccc(S(=O)(=O)N2C[C@@H](C(C)C)C(c3cccc(F)c3)[C@@H]([B-]c3n(C)cc[n+]3C)C2)cc1. The van der Waals surface area contributed by atoms with Gasteiger partial charge in [0.1, 0.15) is 18.2 Å². The van der Waals surface area contributed by atoms with Crippen LogP contribution in [0.25, 0.3) is 0 Å². The Bertz CT molecular complexity index is 1240. The van der Waals surface area contributed by atoms with Crippen molar-refractivity contribution in [1.29, 1.82) is 0 Å². The Labute approximate surface area is 203 Å². The van der Waals surface area contributed by atoms with Gasteiger partial charge in [-0.05, 0) is 61.1 Å². The van der Waals surface area contributed by atoms with Crippen molar-refractivity contribution in [2.24, 2.45) is 25.9 Å². The van der Waals surface area contributed by atoms with Crippen LogP contribution in [0.5, 0.6) is 0 Å². The zero-order valence-corrected chi connectivity index (χ0v) is 21.3. The highest BCUT2D eigenvalue weighted by atomic mass is 32.2. The molecule has 1 aliphatic heterocycles. The van der Waals surface area contributed by atoms with Gasteiger partial charge in [0, 0.05) is 12.3 Å². The van der Waals surface area contributed by atoms with Crippen LogP contribution in [0, 0.1) is 24.6 Å². The van der Waals surface area contributed by atoms with E-state index in [-0.39, 0.29) is 29.4 Å². The molecule has 1 aliphatic rings. The first-order valence-corrected chi connectivity index (χ1v) is 13.2. The van der Waals surface area contributed by atoms with E-state index in [0.717, 1.165) is 16.9 Å². The van der Waals surface area contributed by atoms with Crippen molar-refractivity contribution >= 4 is 23.0 Å². The third kappa shape index (κ3) is 4.84. The van der Waals surface area contributed by atoms with Crippen LogP contribution < -0.4 is 10.3 Å². The summed E-state index contributed by atoms with van der Waals surface area (Å²) >= 11 is 0. The quantitative estimate of drug-likeness (QED) is 0.401. The van der Waals surface area contributed by atoms with Crippen molar-refractivity contribution in [2.75, 3.05) is 13.1 Å². The summed E-state index contributed by atoms with van der Waals surface area (Å²) in [4.78, 5) is 0.313. The summed E-state index contributed by atoms with van der Waals surface area (Å²) in [5.41, 5.74) is 2.93. The molecule has 8 heteroatoms. The molecule has 0 amide bonds. The van der Waals surface area contributed by atoms with E-state index in [9.17, 15) is 12.8 Å². The van der Waals surface area contributed by atoms with Gasteiger partial charge in [-0.25, -0.2) is 17.1 Å². The van der Waals surface area contributed by atoms with Crippen molar-refractivity contribution in [3.8, 4) is 0 Å². The van der Waals surface area contributed by atoms with Gasteiger partial charge in [0.25, 0.3) is 0 Å². The molecule has 0 spiro atoms. The van der Waals surface area contributed by atoms with Crippen LogP contribution >= 0.6 is 0 Å². The maximum absolute atomic E-state index is 14.3. The molecule has 2 aromatic carbocycles. The molecule has 2 heterocycles. The second-order valence-electron chi connectivity index (χ2n) is 9.83. The summed E-state index contributed by atoms with van der Waals surface area (Å²) in [6.45, 7) is 6.93. The van der Waals surface area contributed by atoms with Crippen LogP contribution in [0.1, 0.15) is 30.9 Å². The minimum Gasteiger partial charge on any atom is -0.280 e. The van der Waals surface area contributed by atoms with Crippen LogP contribution in [0.4, 0.5) is 4.39 Å². The molecule has 0 N–H and O–H groups in total. The fraction of sp³-hybridized carbons (Fsp3) is 0.423. The lowest BCUT2D eigenvalue weighted by Gasteiger charge is -2.50. The first-order valence-electron chi connectivity index (χ1n) is 11.8. The fourth-order valence-corrected chi connectivity index (χ4v) is 6.68. The summed E-state index contributed by atoms with van der Waals surface area (Å²) in [5.74, 6) is -0.152. The predicted molar refractivity (Wildman–Crippen MR) is 133 cm³/mol.